The summed E-state index contributed by atoms with van der Waals surface area (Å²) in [6.07, 6.45) is 0.152. The van der Waals surface area contributed by atoms with Gasteiger partial charge in [0.1, 0.15) is 5.75 Å². The highest BCUT2D eigenvalue weighted by Gasteiger charge is 2.16. The molecule has 0 spiro atoms. The molecule has 0 radical (unpaired) electrons. The predicted molar refractivity (Wildman–Crippen MR) is 107 cm³/mol. The highest BCUT2D eigenvalue weighted by atomic mass is 35.5. The normalized spacial score (nSPS) is 11.5. The van der Waals surface area contributed by atoms with Crippen molar-refractivity contribution in [1.82, 2.24) is 5.32 Å². The van der Waals surface area contributed by atoms with Crippen molar-refractivity contribution in [3.05, 3.63) is 59.1 Å². The Morgan fingerprint density at radius 1 is 1.19 bits per heavy atom. The second-order valence-electron chi connectivity index (χ2n) is 6.15. The summed E-state index contributed by atoms with van der Waals surface area (Å²) in [4.78, 5) is 25.5. The molecule has 144 valence electrons. The molecule has 2 amide bonds. The Morgan fingerprint density at radius 3 is 2.44 bits per heavy atom. The molecule has 3 N–H and O–H groups in total. The monoisotopic (exact) mass is 389 g/mol. The number of nitrogens with one attached hydrogen (secondary N) is 1. The Balaban J connectivity index is 2.07. The zero-order chi connectivity index (χ0) is 19.8. The van der Waals surface area contributed by atoms with Crippen LogP contribution in [0.3, 0.4) is 0 Å². The van der Waals surface area contributed by atoms with Gasteiger partial charge in [-0.2, -0.15) is 0 Å². The summed E-state index contributed by atoms with van der Waals surface area (Å²) in [7, 11) is 1.59. The molecule has 0 saturated heterocycles. The number of amides is 2. The first-order valence-corrected chi connectivity index (χ1v) is 8.99. The van der Waals surface area contributed by atoms with Crippen LogP contribution in [0.5, 0.6) is 5.75 Å². The number of carbonyl (C=O) groups is 2. The van der Waals surface area contributed by atoms with E-state index < -0.39 is 5.91 Å². The van der Waals surface area contributed by atoms with Crippen molar-refractivity contribution in [1.29, 1.82) is 0 Å². The van der Waals surface area contributed by atoms with Crippen LogP contribution in [0.15, 0.2) is 48.5 Å². The maximum atomic E-state index is 12.6. The number of carbonyl (C=O) groups excluding carboxylic acids is 2. The van der Waals surface area contributed by atoms with Crippen LogP contribution in [0.25, 0.3) is 0 Å². The van der Waals surface area contributed by atoms with E-state index in [-0.39, 0.29) is 24.9 Å². The summed E-state index contributed by atoms with van der Waals surface area (Å²) < 4.78 is 5.16. The highest BCUT2D eigenvalue weighted by Crippen LogP contribution is 2.23. The molecule has 0 aliphatic carbocycles. The zero-order valence-electron chi connectivity index (χ0n) is 15.4. The van der Waals surface area contributed by atoms with Gasteiger partial charge in [-0.05, 0) is 42.8 Å². The molecular weight excluding hydrogens is 366 g/mol. The minimum atomic E-state index is -0.418. The van der Waals surface area contributed by atoms with E-state index in [1.807, 2.05) is 37.3 Å². The fourth-order valence-electron chi connectivity index (χ4n) is 2.70. The highest BCUT2D eigenvalue weighted by molar-refractivity contribution is 6.31. The summed E-state index contributed by atoms with van der Waals surface area (Å²) in [5.41, 5.74) is 6.92. The van der Waals surface area contributed by atoms with Gasteiger partial charge in [-0.15, -0.1) is 0 Å². The first kappa shape index (κ1) is 20.6. The maximum absolute atomic E-state index is 12.6. The Labute approximate surface area is 164 Å². The number of nitrogens with two attached hydrogens (primary N) is 1. The van der Waals surface area contributed by atoms with Crippen molar-refractivity contribution in [3.63, 3.8) is 0 Å². The van der Waals surface area contributed by atoms with Gasteiger partial charge in [0.2, 0.25) is 11.8 Å². The molecule has 0 aliphatic rings. The Hall–Kier alpha value is -2.73. The lowest BCUT2D eigenvalue weighted by Gasteiger charge is -2.25. The molecule has 0 heterocycles. The van der Waals surface area contributed by atoms with E-state index in [0.717, 1.165) is 11.3 Å². The lowest BCUT2D eigenvalue weighted by Crippen LogP contribution is -2.39. The van der Waals surface area contributed by atoms with Crippen LogP contribution >= 0.6 is 11.6 Å². The maximum Gasteiger partial charge on any atom is 0.239 e. The van der Waals surface area contributed by atoms with Crippen molar-refractivity contribution in [2.45, 2.75) is 19.4 Å². The lowest BCUT2D eigenvalue weighted by molar-refractivity contribution is -0.121. The molecule has 2 aromatic carbocycles. The van der Waals surface area contributed by atoms with Gasteiger partial charge in [0.25, 0.3) is 0 Å². The minimum absolute atomic E-state index is 0.0917. The Kier molecular flexibility index (Phi) is 7.49. The van der Waals surface area contributed by atoms with Crippen LogP contribution < -0.4 is 20.7 Å². The van der Waals surface area contributed by atoms with E-state index in [1.165, 1.54) is 0 Å². The number of primary amides is 1. The van der Waals surface area contributed by atoms with E-state index in [1.54, 1.807) is 30.2 Å². The predicted octanol–water partition coefficient (Wildman–Crippen LogP) is 2.91. The fourth-order valence-corrected chi connectivity index (χ4v) is 3.00. The molecule has 7 heteroatoms. The SMILES string of the molecule is COc1ccc(N(CCC(N)=O)CC(=O)NC(C)c2ccccc2Cl)cc1. The molecular formula is C20H24ClN3O3. The summed E-state index contributed by atoms with van der Waals surface area (Å²) in [5, 5.41) is 3.54. The number of ether oxygens (including phenoxy) is 1. The average molecular weight is 390 g/mol. The number of anilines is 1. The Bertz CT molecular complexity index is 780. The fraction of sp³-hybridized carbons (Fsp3) is 0.300. The van der Waals surface area contributed by atoms with Gasteiger partial charge >= 0.3 is 0 Å². The van der Waals surface area contributed by atoms with Crippen LogP contribution in [-0.4, -0.2) is 32.0 Å². The average Bonchev–Trinajstić information content (AvgIpc) is 2.65. The van der Waals surface area contributed by atoms with E-state index in [2.05, 4.69) is 5.32 Å². The molecule has 0 aromatic heterocycles. The van der Waals surface area contributed by atoms with Crippen LogP contribution in [0, 0.1) is 0 Å². The van der Waals surface area contributed by atoms with Gasteiger partial charge in [0, 0.05) is 23.7 Å². The molecule has 0 saturated carbocycles. The standard InChI is InChI=1S/C20H24ClN3O3/c1-14(17-5-3-4-6-18(17)21)23-20(26)13-24(12-11-19(22)25)15-7-9-16(27-2)10-8-15/h3-10,14H,11-13H2,1-2H3,(H2,22,25)(H,23,26). The molecule has 0 fully saturated rings. The lowest BCUT2D eigenvalue weighted by atomic mass is 10.1. The van der Waals surface area contributed by atoms with Gasteiger partial charge in [-0.25, -0.2) is 0 Å². The van der Waals surface area contributed by atoms with E-state index >= 15 is 0 Å². The number of hydrogen-bond acceptors (Lipinski definition) is 4. The molecule has 1 unspecified atom stereocenters. The number of nitrogens with zero attached hydrogens (tertiary/aromatic N) is 1. The smallest absolute Gasteiger partial charge is 0.239 e. The number of halogens is 1. The van der Waals surface area contributed by atoms with Gasteiger partial charge in [-0.1, -0.05) is 29.8 Å². The number of methoxy groups -OCH3 is 1. The van der Waals surface area contributed by atoms with Crippen molar-refractivity contribution < 1.29 is 14.3 Å². The summed E-state index contributed by atoms with van der Waals surface area (Å²) in [6.45, 7) is 2.31. The molecule has 6 nitrogen and oxygen atoms in total. The van der Waals surface area contributed by atoms with Crippen LogP contribution in [0.4, 0.5) is 5.69 Å². The van der Waals surface area contributed by atoms with Crippen LogP contribution in [-0.2, 0) is 9.59 Å². The van der Waals surface area contributed by atoms with Crippen LogP contribution in [0.1, 0.15) is 24.9 Å². The number of rotatable bonds is 9. The van der Waals surface area contributed by atoms with Gasteiger partial charge < -0.3 is 20.7 Å². The van der Waals surface area contributed by atoms with E-state index in [4.69, 9.17) is 22.1 Å². The number of benzene rings is 2. The van der Waals surface area contributed by atoms with Crippen molar-refractivity contribution in [2.24, 2.45) is 5.73 Å². The first-order valence-electron chi connectivity index (χ1n) is 8.61. The third kappa shape index (κ3) is 6.18. The van der Waals surface area contributed by atoms with Crippen LogP contribution in [0.2, 0.25) is 5.02 Å². The quantitative estimate of drug-likeness (QED) is 0.690. The molecule has 0 aliphatic heterocycles. The van der Waals surface area contributed by atoms with Gasteiger partial charge in [-0.3, -0.25) is 9.59 Å². The summed E-state index contributed by atoms with van der Waals surface area (Å²) >= 11 is 6.19. The Morgan fingerprint density at radius 2 is 1.85 bits per heavy atom. The second-order valence-corrected chi connectivity index (χ2v) is 6.55. The molecule has 0 bridgehead atoms. The molecule has 1 atom stereocenters. The van der Waals surface area contributed by atoms with E-state index in [9.17, 15) is 9.59 Å². The van der Waals surface area contributed by atoms with Gasteiger partial charge in [0.05, 0.1) is 19.7 Å². The topological polar surface area (TPSA) is 84.7 Å². The van der Waals surface area contributed by atoms with Crippen molar-refractivity contribution in [2.75, 3.05) is 25.1 Å². The van der Waals surface area contributed by atoms with Crippen molar-refractivity contribution >= 4 is 29.1 Å². The molecule has 2 rings (SSSR count). The summed E-state index contributed by atoms with van der Waals surface area (Å²) in [5.74, 6) is 0.117. The largest absolute Gasteiger partial charge is 0.497 e. The minimum Gasteiger partial charge on any atom is -0.497 e. The van der Waals surface area contributed by atoms with Gasteiger partial charge in [0.15, 0.2) is 0 Å². The van der Waals surface area contributed by atoms with Crippen molar-refractivity contribution in [3.8, 4) is 5.75 Å². The molecule has 2 aromatic rings. The first-order chi connectivity index (χ1) is 12.9. The third-order valence-electron chi connectivity index (χ3n) is 4.15. The third-order valence-corrected chi connectivity index (χ3v) is 4.49. The number of hydrogen-bond donors (Lipinski definition) is 2. The summed E-state index contributed by atoms with van der Waals surface area (Å²) in [6, 6.07) is 14.4. The second kappa shape index (κ2) is 9.83. The van der Waals surface area contributed by atoms with E-state index in [0.29, 0.717) is 17.3 Å². The zero-order valence-corrected chi connectivity index (χ0v) is 16.2. The molecule has 27 heavy (non-hydrogen) atoms.